The molecular weight excluding hydrogens is 202 g/mol. The highest BCUT2D eigenvalue weighted by molar-refractivity contribution is 6.31. The number of hydrogen-bond acceptors (Lipinski definition) is 3. The van der Waals surface area contributed by atoms with Crippen molar-refractivity contribution in [2.75, 3.05) is 6.54 Å². The van der Waals surface area contributed by atoms with Crippen molar-refractivity contribution >= 4 is 11.6 Å². The van der Waals surface area contributed by atoms with Crippen LogP contribution in [0.15, 0.2) is 6.07 Å². The average molecular weight is 216 g/mol. The Morgan fingerprint density at radius 2 is 2.00 bits per heavy atom. The molecule has 1 aromatic carbocycles. The number of benzene rings is 1. The molecule has 1 aromatic rings. The molecule has 1 rings (SSSR count). The molecule has 0 aromatic heterocycles. The Balaban J connectivity index is 3.33. The van der Waals surface area contributed by atoms with Gasteiger partial charge in [-0.05, 0) is 31.0 Å². The van der Waals surface area contributed by atoms with Crippen molar-refractivity contribution in [2.24, 2.45) is 5.73 Å². The molecule has 0 heterocycles. The van der Waals surface area contributed by atoms with Gasteiger partial charge >= 0.3 is 0 Å². The van der Waals surface area contributed by atoms with Crippen molar-refractivity contribution in [3.63, 3.8) is 0 Å². The molecule has 0 aliphatic rings. The lowest BCUT2D eigenvalue weighted by Gasteiger charge is -2.14. The van der Waals surface area contributed by atoms with Gasteiger partial charge in [-0.25, -0.2) is 0 Å². The summed E-state index contributed by atoms with van der Waals surface area (Å²) in [6.07, 6.45) is -0.869. The average Bonchev–Trinajstić information content (AvgIpc) is 2.19. The zero-order valence-electron chi connectivity index (χ0n) is 8.21. The largest absolute Gasteiger partial charge is 0.507 e. The van der Waals surface area contributed by atoms with Gasteiger partial charge < -0.3 is 15.9 Å². The molecule has 1 unspecified atom stereocenters. The Morgan fingerprint density at radius 3 is 2.50 bits per heavy atom. The first kappa shape index (κ1) is 11.3. The highest BCUT2D eigenvalue weighted by Gasteiger charge is 2.15. The van der Waals surface area contributed by atoms with Crippen molar-refractivity contribution in [1.29, 1.82) is 0 Å². The maximum absolute atomic E-state index is 9.73. The van der Waals surface area contributed by atoms with Gasteiger partial charge in [-0.1, -0.05) is 11.6 Å². The lowest BCUT2D eigenvalue weighted by Crippen LogP contribution is -2.12. The fraction of sp³-hybridized carbons (Fsp3) is 0.400. The lowest BCUT2D eigenvalue weighted by molar-refractivity contribution is 0.182. The summed E-state index contributed by atoms with van der Waals surface area (Å²) >= 11 is 5.93. The minimum absolute atomic E-state index is 0.0619. The quantitative estimate of drug-likeness (QED) is 0.703. The molecule has 1 atom stereocenters. The summed E-state index contributed by atoms with van der Waals surface area (Å²) < 4.78 is 0. The number of aliphatic hydroxyl groups excluding tert-OH is 1. The molecule has 0 bridgehead atoms. The maximum Gasteiger partial charge on any atom is 0.124 e. The number of phenols is 1. The number of phenolic OH excluding ortho intramolecular Hbond substituents is 1. The van der Waals surface area contributed by atoms with E-state index in [-0.39, 0.29) is 12.3 Å². The first-order valence-electron chi connectivity index (χ1n) is 4.35. The minimum Gasteiger partial charge on any atom is -0.507 e. The normalized spacial score (nSPS) is 12.9. The summed E-state index contributed by atoms with van der Waals surface area (Å²) in [6.45, 7) is 3.63. The Hall–Kier alpha value is -0.770. The number of rotatable bonds is 2. The summed E-state index contributed by atoms with van der Waals surface area (Å²) in [7, 11) is 0. The van der Waals surface area contributed by atoms with Gasteiger partial charge in [0.25, 0.3) is 0 Å². The van der Waals surface area contributed by atoms with E-state index >= 15 is 0 Å². The van der Waals surface area contributed by atoms with Crippen LogP contribution < -0.4 is 5.73 Å². The van der Waals surface area contributed by atoms with Gasteiger partial charge in [-0.2, -0.15) is 0 Å². The van der Waals surface area contributed by atoms with Crippen LogP contribution in [0.1, 0.15) is 22.8 Å². The number of halogens is 1. The van der Waals surface area contributed by atoms with E-state index < -0.39 is 6.10 Å². The Labute approximate surface area is 88.1 Å². The van der Waals surface area contributed by atoms with E-state index in [0.29, 0.717) is 16.1 Å². The lowest BCUT2D eigenvalue weighted by atomic mass is 10.0. The van der Waals surface area contributed by atoms with E-state index in [9.17, 15) is 10.2 Å². The zero-order valence-corrected chi connectivity index (χ0v) is 8.97. The fourth-order valence-electron chi connectivity index (χ4n) is 1.27. The van der Waals surface area contributed by atoms with Crippen LogP contribution in [0.3, 0.4) is 0 Å². The first-order valence-corrected chi connectivity index (χ1v) is 4.73. The van der Waals surface area contributed by atoms with Crippen LogP contribution in [0.25, 0.3) is 0 Å². The van der Waals surface area contributed by atoms with Crippen molar-refractivity contribution in [3.05, 3.63) is 27.8 Å². The predicted molar refractivity (Wildman–Crippen MR) is 56.6 cm³/mol. The van der Waals surface area contributed by atoms with Gasteiger partial charge in [-0.3, -0.25) is 0 Å². The van der Waals surface area contributed by atoms with E-state index in [1.54, 1.807) is 13.0 Å². The number of aromatic hydroxyl groups is 1. The van der Waals surface area contributed by atoms with Gasteiger partial charge in [-0.15, -0.1) is 0 Å². The van der Waals surface area contributed by atoms with Crippen molar-refractivity contribution in [1.82, 2.24) is 0 Å². The topological polar surface area (TPSA) is 66.5 Å². The highest BCUT2D eigenvalue weighted by atomic mass is 35.5. The standard InChI is InChI=1S/C10H14ClNO2/c1-5-6(2)10(14)7(3-8(5)11)9(13)4-12/h3,9,13-14H,4,12H2,1-2H3. The molecule has 0 aliphatic heterocycles. The van der Waals surface area contributed by atoms with Crippen LogP contribution in [0.5, 0.6) is 5.75 Å². The van der Waals surface area contributed by atoms with E-state index in [1.165, 1.54) is 0 Å². The second-order valence-corrected chi connectivity index (χ2v) is 3.70. The van der Waals surface area contributed by atoms with Crippen LogP contribution in [-0.4, -0.2) is 16.8 Å². The van der Waals surface area contributed by atoms with E-state index in [2.05, 4.69) is 0 Å². The third-order valence-corrected chi connectivity index (χ3v) is 2.81. The summed E-state index contributed by atoms with van der Waals surface area (Å²) in [5.74, 6) is 0.0739. The molecule has 0 amide bonds. The fourth-order valence-corrected chi connectivity index (χ4v) is 1.53. The molecule has 0 saturated carbocycles. The molecule has 0 fully saturated rings. The van der Waals surface area contributed by atoms with E-state index in [4.69, 9.17) is 17.3 Å². The smallest absolute Gasteiger partial charge is 0.124 e. The van der Waals surface area contributed by atoms with Gasteiger partial charge in [0.2, 0.25) is 0 Å². The molecule has 4 N–H and O–H groups in total. The molecule has 78 valence electrons. The first-order chi connectivity index (χ1) is 6.49. The van der Waals surface area contributed by atoms with Crippen LogP contribution in [0.4, 0.5) is 0 Å². The zero-order chi connectivity index (χ0) is 10.9. The summed E-state index contributed by atoms with van der Waals surface area (Å²) in [6, 6.07) is 1.55. The van der Waals surface area contributed by atoms with Crippen molar-refractivity contribution < 1.29 is 10.2 Å². The molecule has 0 aliphatic carbocycles. The number of aliphatic hydroxyl groups is 1. The molecule has 0 spiro atoms. The minimum atomic E-state index is -0.869. The SMILES string of the molecule is Cc1c(Cl)cc(C(O)CN)c(O)c1C. The van der Waals surface area contributed by atoms with Gasteiger partial charge in [0, 0.05) is 17.1 Å². The van der Waals surface area contributed by atoms with Crippen LogP contribution in [0.2, 0.25) is 5.02 Å². The second-order valence-electron chi connectivity index (χ2n) is 3.30. The van der Waals surface area contributed by atoms with Gasteiger partial charge in [0.15, 0.2) is 0 Å². The molecule has 4 heteroatoms. The molecule has 3 nitrogen and oxygen atoms in total. The number of nitrogens with two attached hydrogens (primary N) is 1. The second kappa shape index (κ2) is 4.17. The van der Waals surface area contributed by atoms with Crippen molar-refractivity contribution in [3.8, 4) is 5.75 Å². The molecule has 14 heavy (non-hydrogen) atoms. The summed E-state index contributed by atoms with van der Waals surface area (Å²) in [5, 5.41) is 19.8. The molecule has 0 saturated heterocycles. The van der Waals surface area contributed by atoms with Crippen LogP contribution >= 0.6 is 11.6 Å². The van der Waals surface area contributed by atoms with Crippen molar-refractivity contribution in [2.45, 2.75) is 20.0 Å². The maximum atomic E-state index is 9.73. The van der Waals surface area contributed by atoms with Gasteiger partial charge in [0.05, 0.1) is 6.10 Å². The predicted octanol–water partition coefficient (Wildman–Crippen LogP) is 1.65. The summed E-state index contributed by atoms with van der Waals surface area (Å²) in [4.78, 5) is 0. The Morgan fingerprint density at radius 1 is 1.43 bits per heavy atom. The van der Waals surface area contributed by atoms with E-state index in [1.807, 2.05) is 6.92 Å². The van der Waals surface area contributed by atoms with Gasteiger partial charge in [0.1, 0.15) is 5.75 Å². The monoisotopic (exact) mass is 215 g/mol. The van der Waals surface area contributed by atoms with E-state index in [0.717, 1.165) is 5.56 Å². The number of hydrogen-bond donors (Lipinski definition) is 3. The summed E-state index contributed by atoms with van der Waals surface area (Å²) in [5.41, 5.74) is 7.19. The molecular formula is C10H14ClNO2. The Kier molecular flexibility index (Phi) is 3.37. The third-order valence-electron chi connectivity index (χ3n) is 2.41. The highest BCUT2D eigenvalue weighted by Crippen LogP contribution is 2.33. The third kappa shape index (κ3) is 1.85. The Bertz CT molecular complexity index is 352. The molecule has 0 radical (unpaired) electrons. The van der Waals surface area contributed by atoms with Crippen LogP contribution in [0, 0.1) is 13.8 Å². The van der Waals surface area contributed by atoms with Crippen LogP contribution in [-0.2, 0) is 0 Å².